The molecule has 210 valence electrons. The average molecular weight is 543 g/mol. The number of hydrogen-bond acceptors (Lipinski definition) is 4. The van der Waals surface area contributed by atoms with E-state index in [-0.39, 0.29) is 23.9 Å². The number of nitrogens with zero attached hydrogens (tertiary/aromatic N) is 1. The normalized spacial score (nSPS) is 16.9. The molecule has 0 spiro atoms. The number of phenols is 1. The first-order valence-corrected chi connectivity index (χ1v) is 13.4. The molecule has 0 radical (unpaired) electrons. The van der Waals surface area contributed by atoms with Crippen LogP contribution in [-0.2, 0) is 6.54 Å². The molecule has 0 aliphatic heterocycles. The monoisotopic (exact) mass is 542 g/mol. The minimum Gasteiger partial charge on any atom is -0.506 e. The van der Waals surface area contributed by atoms with E-state index in [4.69, 9.17) is 0 Å². The summed E-state index contributed by atoms with van der Waals surface area (Å²) in [5, 5.41) is 19.9. The topological polar surface area (TPSA) is 78.3 Å². The van der Waals surface area contributed by atoms with E-state index >= 15 is 0 Å². The van der Waals surface area contributed by atoms with Gasteiger partial charge in [0, 0.05) is 29.7 Å². The standard InChI is InChI=1S/C28H31F3N4O2.C2H6/c1-18-8-11-20(12-9-18)34-23-6-3-7-25-22(23)16-21(35(25)17-28(29,30)31)5-4-14-33-24-13-10-19(15-26(24)36)27(37)32-2;1-2/h3,6-7,10,13,15-16,18,20,33-34,36H,8-9,11-12,14,17H2,1-2H3,(H,32,37);1-2H3. The highest BCUT2D eigenvalue weighted by molar-refractivity contribution is 5.95. The number of carbonyl (C=O) groups is 1. The van der Waals surface area contributed by atoms with Crippen LogP contribution in [0.4, 0.5) is 24.5 Å². The number of carbonyl (C=O) groups excluding carboxylic acids is 1. The number of aromatic nitrogens is 1. The number of halogens is 3. The lowest BCUT2D eigenvalue weighted by atomic mass is 9.87. The highest BCUT2D eigenvalue weighted by atomic mass is 19.4. The molecule has 4 rings (SSSR count). The minimum atomic E-state index is -4.40. The van der Waals surface area contributed by atoms with Crippen molar-refractivity contribution in [1.82, 2.24) is 9.88 Å². The highest BCUT2D eigenvalue weighted by Gasteiger charge is 2.30. The number of rotatable bonds is 6. The Hall–Kier alpha value is -3.80. The number of amides is 1. The molecule has 0 saturated heterocycles. The Morgan fingerprint density at radius 2 is 1.79 bits per heavy atom. The summed E-state index contributed by atoms with van der Waals surface area (Å²) in [5.41, 5.74) is 2.23. The molecule has 2 aromatic carbocycles. The molecule has 1 fully saturated rings. The van der Waals surface area contributed by atoms with E-state index < -0.39 is 12.7 Å². The van der Waals surface area contributed by atoms with Crippen molar-refractivity contribution in [2.45, 2.75) is 65.2 Å². The molecule has 1 amide bonds. The number of alkyl halides is 3. The molecule has 0 bridgehead atoms. The van der Waals surface area contributed by atoms with E-state index in [0.717, 1.165) is 31.4 Å². The summed E-state index contributed by atoms with van der Waals surface area (Å²) in [7, 11) is 1.49. The second-order valence-electron chi connectivity index (χ2n) is 9.54. The summed E-state index contributed by atoms with van der Waals surface area (Å²) in [4.78, 5) is 11.7. The van der Waals surface area contributed by atoms with Gasteiger partial charge in [-0.3, -0.25) is 4.79 Å². The summed E-state index contributed by atoms with van der Waals surface area (Å²) in [6.07, 6.45) is -0.0544. The molecule has 3 aromatic rings. The quantitative estimate of drug-likeness (QED) is 0.205. The van der Waals surface area contributed by atoms with E-state index in [9.17, 15) is 23.1 Å². The lowest BCUT2D eigenvalue weighted by molar-refractivity contribution is -0.140. The number of aromatic hydroxyl groups is 1. The summed E-state index contributed by atoms with van der Waals surface area (Å²) in [6.45, 7) is 5.20. The molecule has 1 aromatic heterocycles. The molecule has 39 heavy (non-hydrogen) atoms. The van der Waals surface area contributed by atoms with Crippen LogP contribution in [0, 0.1) is 17.8 Å². The second-order valence-corrected chi connectivity index (χ2v) is 9.54. The highest BCUT2D eigenvalue weighted by Crippen LogP contribution is 2.33. The maximum Gasteiger partial charge on any atom is 0.406 e. The van der Waals surface area contributed by atoms with Crippen molar-refractivity contribution < 1.29 is 23.1 Å². The molecular formula is C30H37F3N4O2. The Morgan fingerprint density at radius 3 is 2.44 bits per heavy atom. The zero-order chi connectivity index (χ0) is 28.6. The predicted molar refractivity (Wildman–Crippen MR) is 151 cm³/mol. The average Bonchev–Trinajstić information content (AvgIpc) is 3.26. The van der Waals surface area contributed by atoms with Crippen LogP contribution < -0.4 is 16.0 Å². The first-order valence-electron chi connectivity index (χ1n) is 13.4. The van der Waals surface area contributed by atoms with Crippen molar-refractivity contribution in [2.75, 3.05) is 24.2 Å². The number of fused-ring (bicyclic) bond motifs is 1. The van der Waals surface area contributed by atoms with Crippen molar-refractivity contribution in [3.63, 3.8) is 0 Å². The van der Waals surface area contributed by atoms with Crippen molar-refractivity contribution in [2.24, 2.45) is 5.92 Å². The molecule has 6 nitrogen and oxygen atoms in total. The third kappa shape index (κ3) is 7.85. The van der Waals surface area contributed by atoms with E-state index in [2.05, 4.69) is 34.7 Å². The van der Waals surface area contributed by atoms with E-state index in [0.29, 0.717) is 34.1 Å². The van der Waals surface area contributed by atoms with Gasteiger partial charge in [-0.15, -0.1) is 0 Å². The SMILES string of the molecule is CC.CNC(=O)c1ccc(NCC#Cc2cc3c(NC4CCC(C)CC4)cccc3n2CC(F)(F)F)c(O)c1. The molecule has 4 N–H and O–H groups in total. The zero-order valence-electron chi connectivity index (χ0n) is 22.9. The van der Waals surface area contributed by atoms with Crippen LogP contribution in [0.25, 0.3) is 10.9 Å². The van der Waals surface area contributed by atoms with Crippen LogP contribution in [0.5, 0.6) is 5.75 Å². The van der Waals surface area contributed by atoms with Crippen LogP contribution >= 0.6 is 0 Å². The van der Waals surface area contributed by atoms with Crippen molar-refractivity contribution in [1.29, 1.82) is 0 Å². The predicted octanol–water partition coefficient (Wildman–Crippen LogP) is 6.75. The molecular weight excluding hydrogens is 505 g/mol. The maximum absolute atomic E-state index is 13.5. The van der Waals surface area contributed by atoms with Gasteiger partial charge in [0.2, 0.25) is 0 Å². The fourth-order valence-electron chi connectivity index (χ4n) is 4.73. The number of hydrogen-bond donors (Lipinski definition) is 4. The number of nitrogens with one attached hydrogen (secondary N) is 3. The van der Waals surface area contributed by atoms with Gasteiger partial charge >= 0.3 is 6.18 Å². The van der Waals surface area contributed by atoms with Gasteiger partial charge in [0.1, 0.15) is 12.3 Å². The van der Waals surface area contributed by atoms with Crippen molar-refractivity contribution in [3.8, 4) is 17.6 Å². The van der Waals surface area contributed by atoms with Gasteiger partial charge in [-0.1, -0.05) is 32.8 Å². The van der Waals surface area contributed by atoms with Gasteiger partial charge in [0.05, 0.1) is 23.4 Å². The van der Waals surface area contributed by atoms with Crippen LogP contribution in [0.3, 0.4) is 0 Å². The summed E-state index contributed by atoms with van der Waals surface area (Å²) >= 11 is 0. The van der Waals surface area contributed by atoms with Crippen molar-refractivity contribution in [3.05, 3.63) is 53.7 Å². The molecule has 1 aliphatic carbocycles. The smallest absolute Gasteiger partial charge is 0.406 e. The molecule has 0 unspecified atom stereocenters. The Balaban J connectivity index is 0.00000205. The lowest BCUT2D eigenvalue weighted by Crippen LogP contribution is -2.25. The van der Waals surface area contributed by atoms with E-state index in [1.807, 2.05) is 19.9 Å². The van der Waals surface area contributed by atoms with Gasteiger partial charge in [-0.25, -0.2) is 0 Å². The van der Waals surface area contributed by atoms with Crippen molar-refractivity contribution >= 4 is 28.2 Å². The van der Waals surface area contributed by atoms with Crippen LogP contribution in [0.1, 0.15) is 62.5 Å². The zero-order valence-corrected chi connectivity index (χ0v) is 22.9. The van der Waals surface area contributed by atoms with Gasteiger partial charge < -0.3 is 25.6 Å². The molecule has 1 aliphatic rings. The molecule has 1 saturated carbocycles. The van der Waals surface area contributed by atoms with Gasteiger partial charge in [0.25, 0.3) is 5.91 Å². The van der Waals surface area contributed by atoms with Gasteiger partial charge in [-0.05, 0) is 73.9 Å². The summed E-state index contributed by atoms with van der Waals surface area (Å²) < 4.78 is 41.6. The van der Waals surface area contributed by atoms with E-state index in [1.165, 1.54) is 17.7 Å². The first-order chi connectivity index (χ1) is 18.6. The summed E-state index contributed by atoms with van der Waals surface area (Å²) in [5.74, 6) is 5.98. The number of benzene rings is 2. The Morgan fingerprint density at radius 1 is 1.08 bits per heavy atom. The Kier molecular flexibility index (Phi) is 10.2. The second kappa shape index (κ2) is 13.3. The fourth-order valence-corrected chi connectivity index (χ4v) is 4.73. The molecule has 1 heterocycles. The summed E-state index contributed by atoms with van der Waals surface area (Å²) in [6, 6.07) is 11.8. The minimum absolute atomic E-state index is 0.0891. The van der Waals surface area contributed by atoms with Crippen LogP contribution in [0.2, 0.25) is 0 Å². The van der Waals surface area contributed by atoms with Gasteiger partial charge in [-0.2, -0.15) is 13.2 Å². The third-order valence-electron chi connectivity index (χ3n) is 6.73. The lowest BCUT2D eigenvalue weighted by Gasteiger charge is -2.28. The number of phenolic OH excluding ortho intramolecular Hbond substituents is 1. The maximum atomic E-state index is 13.5. The third-order valence-corrected chi connectivity index (χ3v) is 6.73. The molecule has 0 atom stereocenters. The molecule has 9 heteroatoms. The van der Waals surface area contributed by atoms with Crippen LogP contribution in [0.15, 0.2) is 42.5 Å². The number of anilines is 2. The first kappa shape index (κ1) is 29.8. The largest absolute Gasteiger partial charge is 0.506 e. The van der Waals surface area contributed by atoms with Crippen LogP contribution in [-0.4, -0.2) is 41.4 Å². The van der Waals surface area contributed by atoms with E-state index in [1.54, 1.807) is 30.3 Å². The Bertz CT molecular complexity index is 1330. The Labute approximate surface area is 228 Å². The van der Waals surface area contributed by atoms with Gasteiger partial charge in [0.15, 0.2) is 0 Å². The fraction of sp³-hybridized carbons (Fsp3) is 0.433.